The smallest absolute Gasteiger partial charge is 0.462 e. The molecule has 0 amide bonds. The van der Waals surface area contributed by atoms with E-state index in [0.717, 1.165) is 108 Å². The van der Waals surface area contributed by atoms with E-state index in [-0.39, 0.29) is 25.7 Å². The number of phosphoric ester groups is 2. The second kappa shape index (κ2) is 56.1. The van der Waals surface area contributed by atoms with Gasteiger partial charge < -0.3 is 33.8 Å². The lowest BCUT2D eigenvalue weighted by molar-refractivity contribution is -0.161. The summed E-state index contributed by atoms with van der Waals surface area (Å²) in [6, 6.07) is 0. The number of aliphatic hydroxyl groups is 1. The highest BCUT2D eigenvalue weighted by atomic mass is 31.2. The van der Waals surface area contributed by atoms with Gasteiger partial charge in [-0.25, -0.2) is 9.13 Å². The normalized spacial score (nSPS) is 14.4. The van der Waals surface area contributed by atoms with Crippen LogP contribution < -0.4 is 0 Å². The van der Waals surface area contributed by atoms with Gasteiger partial charge in [0, 0.05) is 25.7 Å². The molecule has 0 aromatic carbocycles. The lowest BCUT2D eigenvalue weighted by Crippen LogP contribution is -2.30. The molecule has 0 rings (SSSR count). The number of unbranched alkanes of at least 4 members (excludes halogenated alkanes) is 29. The van der Waals surface area contributed by atoms with Gasteiger partial charge in [-0.15, -0.1) is 0 Å². The first-order chi connectivity index (χ1) is 40.6. The van der Waals surface area contributed by atoms with Crippen LogP contribution >= 0.6 is 15.6 Å². The van der Waals surface area contributed by atoms with E-state index in [1.54, 1.807) is 0 Å². The van der Waals surface area contributed by atoms with Crippen LogP contribution in [0.4, 0.5) is 0 Å². The third kappa shape index (κ3) is 60.7. The third-order valence-corrected chi connectivity index (χ3v) is 17.0. The Labute approximate surface area is 517 Å². The molecule has 0 fully saturated rings. The van der Waals surface area contributed by atoms with E-state index in [1.807, 2.05) is 0 Å². The average molecular weight is 1260 g/mol. The molecule has 0 radical (unpaired) electrons. The van der Waals surface area contributed by atoms with Crippen molar-refractivity contribution in [2.45, 2.75) is 337 Å². The fourth-order valence-electron chi connectivity index (χ4n) is 9.78. The number of ether oxygens (including phenoxy) is 4. The number of esters is 4. The standard InChI is InChI=1S/C66H128O17P2/c1-56(2)42-34-26-18-13-10-9-11-15-21-30-38-46-63(68)76-52-61(82-65(70)48-40-32-22-16-12-14-19-27-35-43-57(3)4)54-80-84(72,73)78-50-60(67)51-79-85(74,75)81-55-62(83-66(71)49-41-33-25-24-29-37-45-59(7)8)53-77-64(69)47-39-31-23-17-20-28-36-44-58(5)6/h56-62,67H,9-55H2,1-8H3,(H,72,73)(H,74,75)/t60?,61-,62-/m1/s1. The predicted molar refractivity (Wildman–Crippen MR) is 340 cm³/mol. The Kier molecular flexibility index (Phi) is 54.8. The molecule has 0 aliphatic rings. The molecule has 0 aliphatic heterocycles. The lowest BCUT2D eigenvalue weighted by atomic mass is 10.0. The number of carbonyl (C=O) groups is 4. The molecule has 5 atom stereocenters. The van der Waals surface area contributed by atoms with Gasteiger partial charge in [0.2, 0.25) is 0 Å². The largest absolute Gasteiger partial charge is 0.472 e. The average Bonchev–Trinajstić information content (AvgIpc) is 3.56. The van der Waals surface area contributed by atoms with Gasteiger partial charge in [0.15, 0.2) is 12.2 Å². The van der Waals surface area contributed by atoms with Crippen molar-refractivity contribution < 1.29 is 80.2 Å². The Bertz CT molecular complexity index is 1700. The van der Waals surface area contributed by atoms with Gasteiger partial charge in [0.05, 0.1) is 26.4 Å². The minimum atomic E-state index is -4.95. The summed E-state index contributed by atoms with van der Waals surface area (Å²) in [5.74, 6) is 0.742. The van der Waals surface area contributed by atoms with E-state index < -0.39 is 97.5 Å². The highest BCUT2D eigenvalue weighted by Gasteiger charge is 2.30. The molecule has 0 spiro atoms. The van der Waals surface area contributed by atoms with Gasteiger partial charge in [-0.05, 0) is 49.4 Å². The van der Waals surface area contributed by atoms with Gasteiger partial charge >= 0.3 is 39.5 Å². The minimum absolute atomic E-state index is 0.101. The second-order valence-corrected chi connectivity index (χ2v) is 28.7. The minimum Gasteiger partial charge on any atom is -0.462 e. The van der Waals surface area contributed by atoms with Gasteiger partial charge in [-0.3, -0.25) is 37.3 Å². The molecule has 0 aromatic rings. The van der Waals surface area contributed by atoms with Crippen molar-refractivity contribution in [1.29, 1.82) is 0 Å². The Balaban J connectivity index is 5.24. The predicted octanol–water partition coefficient (Wildman–Crippen LogP) is 18.1. The summed E-state index contributed by atoms with van der Waals surface area (Å²) in [4.78, 5) is 72.3. The van der Waals surface area contributed by atoms with Crippen molar-refractivity contribution in [3.8, 4) is 0 Å². The van der Waals surface area contributed by atoms with Crippen LogP contribution in [0, 0.1) is 23.7 Å². The van der Waals surface area contributed by atoms with Crippen LogP contribution in [-0.2, 0) is 65.4 Å². The number of hydrogen-bond acceptors (Lipinski definition) is 15. The fourth-order valence-corrected chi connectivity index (χ4v) is 11.4. The van der Waals surface area contributed by atoms with E-state index in [2.05, 4.69) is 55.4 Å². The molecule has 0 aliphatic carbocycles. The maximum absolute atomic E-state index is 13.0. The maximum atomic E-state index is 13.0. The molecule has 504 valence electrons. The summed E-state index contributed by atoms with van der Waals surface area (Å²) in [6.07, 6.45) is 36.5. The molecular weight excluding hydrogens is 1130 g/mol. The third-order valence-electron chi connectivity index (χ3n) is 15.1. The molecule has 85 heavy (non-hydrogen) atoms. The van der Waals surface area contributed by atoms with Crippen LogP contribution in [0.3, 0.4) is 0 Å². The zero-order valence-electron chi connectivity index (χ0n) is 55.2. The van der Waals surface area contributed by atoms with Gasteiger partial charge in [-0.2, -0.15) is 0 Å². The van der Waals surface area contributed by atoms with Crippen LogP contribution in [0.1, 0.15) is 319 Å². The van der Waals surface area contributed by atoms with Crippen LogP contribution in [0.5, 0.6) is 0 Å². The van der Waals surface area contributed by atoms with Crippen LogP contribution in [-0.4, -0.2) is 96.7 Å². The molecule has 0 aromatic heterocycles. The number of phosphoric acid groups is 2. The summed E-state index contributed by atoms with van der Waals surface area (Å²) >= 11 is 0. The van der Waals surface area contributed by atoms with Crippen molar-refractivity contribution in [2.75, 3.05) is 39.6 Å². The lowest BCUT2D eigenvalue weighted by Gasteiger charge is -2.21. The zero-order valence-corrected chi connectivity index (χ0v) is 57.0. The molecule has 0 saturated heterocycles. The van der Waals surface area contributed by atoms with E-state index >= 15 is 0 Å². The molecule has 0 heterocycles. The summed E-state index contributed by atoms with van der Waals surface area (Å²) in [7, 11) is -9.89. The summed E-state index contributed by atoms with van der Waals surface area (Å²) in [5.41, 5.74) is 0. The molecular formula is C66H128O17P2. The summed E-state index contributed by atoms with van der Waals surface area (Å²) < 4.78 is 68.0. The first-order valence-electron chi connectivity index (χ1n) is 34.2. The molecule has 17 nitrogen and oxygen atoms in total. The molecule has 0 saturated carbocycles. The van der Waals surface area contributed by atoms with E-state index in [4.69, 9.17) is 37.0 Å². The zero-order chi connectivity index (χ0) is 63.2. The molecule has 0 bridgehead atoms. The van der Waals surface area contributed by atoms with Crippen LogP contribution in [0.15, 0.2) is 0 Å². The van der Waals surface area contributed by atoms with Gasteiger partial charge in [-0.1, -0.05) is 267 Å². The number of aliphatic hydroxyl groups excluding tert-OH is 1. The van der Waals surface area contributed by atoms with Crippen LogP contribution in [0.25, 0.3) is 0 Å². The van der Waals surface area contributed by atoms with E-state index in [9.17, 15) is 43.2 Å². The monoisotopic (exact) mass is 1250 g/mol. The summed E-state index contributed by atoms with van der Waals surface area (Å²) in [6.45, 7) is 13.9. The highest BCUT2D eigenvalue weighted by Crippen LogP contribution is 2.45. The second-order valence-electron chi connectivity index (χ2n) is 25.8. The van der Waals surface area contributed by atoms with Gasteiger partial charge in [0.1, 0.15) is 19.3 Å². The van der Waals surface area contributed by atoms with E-state index in [0.29, 0.717) is 37.5 Å². The molecule has 3 unspecified atom stereocenters. The Hall–Kier alpha value is -1.94. The van der Waals surface area contributed by atoms with Gasteiger partial charge in [0.25, 0.3) is 0 Å². The van der Waals surface area contributed by atoms with Crippen molar-refractivity contribution >= 4 is 39.5 Å². The first-order valence-corrected chi connectivity index (χ1v) is 37.2. The number of rotatable bonds is 63. The van der Waals surface area contributed by atoms with Crippen LogP contribution in [0.2, 0.25) is 0 Å². The topological polar surface area (TPSA) is 237 Å². The fraction of sp³-hybridized carbons (Fsp3) is 0.939. The van der Waals surface area contributed by atoms with E-state index in [1.165, 1.54) is 116 Å². The van der Waals surface area contributed by atoms with Crippen molar-refractivity contribution in [3.63, 3.8) is 0 Å². The Morgan fingerprint density at radius 1 is 0.294 bits per heavy atom. The highest BCUT2D eigenvalue weighted by molar-refractivity contribution is 7.47. The van der Waals surface area contributed by atoms with Crippen molar-refractivity contribution in [1.82, 2.24) is 0 Å². The van der Waals surface area contributed by atoms with Crippen molar-refractivity contribution in [2.24, 2.45) is 23.7 Å². The summed E-state index contributed by atoms with van der Waals surface area (Å²) in [5, 5.41) is 10.5. The molecule has 3 N–H and O–H groups in total. The first kappa shape index (κ1) is 83.1. The quantitative estimate of drug-likeness (QED) is 0.0222. The Morgan fingerprint density at radius 2 is 0.494 bits per heavy atom. The van der Waals surface area contributed by atoms with Crippen molar-refractivity contribution in [3.05, 3.63) is 0 Å². The number of carbonyl (C=O) groups excluding carboxylic acids is 4. The Morgan fingerprint density at radius 3 is 0.729 bits per heavy atom. The maximum Gasteiger partial charge on any atom is 0.472 e. The number of hydrogen-bond donors (Lipinski definition) is 3. The SMILES string of the molecule is CC(C)CCCCCCCCCCCCCC(=O)OC[C@H](COP(=O)(O)OCC(O)COP(=O)(O)OC[C@@H](COC(=O)CCCCCCCCCC(C)C)OC(=O)CCCCCCCCC(C)C)OC(=O)CCCCCCCCCCCC(C)C. The molecule has 19 heteroatoms.